The molecule has 0 saturated carbocycles. The maximum Gasteiger partial charge on any atom is 0.257 e. The highest BCUT2D eigenvalue weighted by atomic mass is 16.5. The zero-order valence-electron chi connectivity index (χ0n) is 18.2. The highest BCUT2D eigenvalue weighted by Gasteiger charge is 2.17. The third-order valence-corrected chi connectivity index (χ3v) is 5.07. The van der Waals surface area contributed by atoms with Gasteiger partial charge in [-0.15, -0.1) is 0 Å². The normalized spacial score (nSPS) is 16.9. The van der Waals surface area contributed by atoms with E-state index in [-0.39, 0.29) is 17.4 Å². The summed E-state index contributed by atoms with van der Waals surface area (Å²) in [4.78, 5) is 17.4. The number of carbonyl (C=O) groups is 1. The molecule has 2 aromatic rings. The Morgan fingerprint density at radius 1 is 1.13 bits per heavy atom. The first-order chi connectivity index (χ1) is 14.3. The molecule has 0 spiro atoms. The topological polar surface area (TPSA) is 71.9 Å². The number of nitrogens with one attached hydrogen (secondary N) is 2. The van der Waals surface area contributed by atoms with Gasteiger partial charge in [0.1, 0.15) is 5.75 Å². The quantitative estimate of drug-likeness (QED) is 0.568. The van der Waals surface area contributed by atoms with Crippen molar-refractivity contribution in [3.05, 3.63) is 59.7 Å². The van der Waals surface area contributed by atoms with Crippen LogP contribution in [0.2, 0.25) is 0 Å². The third-order valence-electron chi connectivity index (χ3n) is 5.07. The van der Waals surface area contributed by atoms with E-state index in [9.17, 15) is 4.79 Å². The first-order valence-corrected chi connectivity index (χ1v) is 10.3. The van der Waals surface area contributed by atoms with E-state index in [4.69, 9.17) is 9.47 Å². The molecule has 0 aliphatic carbocycles. The molecular weight excluding hydrogens is 378 g/mol. The van der Waals surface area contributed by atoms with Crippen LogP contribution in [0.25, 0.3) is 0 Å². The largest absolute Gasteiger partial charge is 0.497 e. The number of anilines is 1. The monoisotopic (exact) mass is 409 g/mol. The fraction of sp³-hybridized carbons (Fsp3) is 0.417. The fourth-order valence-electron chi connectivity index (χ4n) is 3.20. The number of hydrogen-bond donors (Lipinski definition) is 2. The molecule has 0 aromatic heterocycles. The maximum atomic E-state index is 12.8. The van der Waals surface area contributed by atoms with E-state index in [0.29, 0.717) is 18.1 Å². The molecule has 6 heteroatoms. The number of benzene rings is 2. The van der Waals surface area contributed by atoms with Crippen molar-refractivity contribution in [1.82, 2.24) is 5.32 Å². The molecule has 1 unspecified atom stereocenters. The smallest absolute Gasteiger partial charge is 0.257 e. The van der Waals surface area contributed by atoms with Crippen LogP contribution >= 0.6 is 0 Å². The first-order valence-electron chi connectivity index (χ1n) is 10.3. The molecule has 1 aliphatic rings. The molecule has 1 saturated heterocycles. The van der Waals surface area contributed by atoms with Crippen molar-refractivity contribution in [3.8, 4) is 5.75 Å². The van der Waals surface area contributed by atoms with E-state index >= 15 is 0 Å². The van der Waals surface area contributed by atoms with E-state index in [0.717, 1.165) is 30.9 Å². The summed E-state index contributed by atoms with van der Waals surface area (Å²) in [5.74, 6) is 0.962. The van der Waals surface area contributed by atoms with Gasteiger partial charge < -0.3 is 14.8 Å². The molecule has 2 N–H and O–H groups in total. The number of carbonyl (C=O) groups excluding carboxylic acids is 1. The Labute approximate surface area is 178 Å². The number of nitrogens with zero attached hydrogens (tertiary/aromatic N) is 1. The van der Waals surface area contributed by atoms with Crippen LogP contribution in [-0.4, -0.2) is 38.2 Å². The summed E-state index contributed by atoms with van der Waals surface area (Å²) in [7, 11) is 1.63. The van der Waals surface area contributed by atoms with Gasteiger partial charge in [-0.2, -0.15) is 0 Å². The highest BCUT2D eigenvalue weighted by molar-refractivity contribution is 6.10. The Morgan fingerprint density at radius 3 is 2.40 bits per heavy atom. The molecule has 1 aliphatic heterocycles. The Hall–Kier alpha value is -2.86. The van der Waals surface area contributed by atoms with Crippen molar-refractivity contribution in [2.24, 2.45) is 4.99 Å². The Morgan fingerprint density at radius 2 is 1.83 bits per heavy atom. The molecule has 0 bridgehead atoms. The number of ether oxygens (including phenoxy) is 2. The van der Waals surface area contributed by atoms with Gasteiger partial charge in [0.15, 0.2) is 0 Å². The van der Waals surface area contributed by atoms with Crippen LogP contribution in [0.4, 0.5) is 5.69 Å². The predicted molar refractivity (Wildman–Crippen MR) is 121 cm³/mol. The third kappa shape index (κ3) is 6.07. The predicted octanol–water partition coefficient (Wildman–Crippen LogP) is 4.37. The van der Waals surface area contributed by atoms with Crippen molar-refractivity contribution in [2.45, 2.75) is 45.1 Å². The molecule has 1 amide bonds. The Bertz CT molecular complexity index is 862. The Kier molecular flexibility index (Phi) is 7.11. The van der Waals surface area contributed by atoms with Gasteiger partial charge >= 0.3 is 0 Å². The van der Waals surface area contributed by atoms with Gasteiger partial charge in [0.25, 0.3) is 5.91 Å². The van der Waals surface area contributed by atoms with Gasteiger partial charge in [0.2, 0.25) is 5.96 Å². The van der Waals surface area contributed by atoms with Crippen LogP contribution in [0, 0.1) is 0 Å². The SMILES string of the molecule is COc1ccc(NC(=NCC2CCCO2)NC(=O)c2ccc(C(C)(C)C)cc2)cc1. The fourth-order valence-corrected chi connectivity index (χ4v) is 3.20. The van der Waals surface area contributed by atoms with Crippen molar-refractivity contribution < 1.29 is 14.3 Å². The molecule has 2 aromatic carbocycles. The summed E-state index contributed by atoms with van der Waals surface area (Å²) in [5, 5.41) is 6.10. The number of guanidine groups is 1. The number of hydrogen-bond acceptors (Lipinski definition) is 4. The minimum Gasteiger partial charge on any atom is -0.497 e. The van der Waals surface area contributed by atoms with Crippen LogP contribution in [-0.2, 0) is 10.2 Å². The average molecular weight is 410 g/mol. The minimum absolute atomic E-state index is 0.0405. The van der Waals surface area contributed by atoms with Crippen LogP contribution in [0.15, 0.2) is 53.5 Å². The summed E-state index contributed by atoms with van der Waals surface area (Å²) >= 11 is 0. The van der Waals surface area contributed by atoms with Gasteiger partial charge in [-0.1, -0.05) is 32.9 Å². The lowest BCUT2D eigenvalue weighted by molar-refractivity contribution is 0.0975. The minimum atomic E-state index is -0.206. The molecule has 160 valence electrons. The number of rotatable bonds is 5. The second-order valence-corrected chi connectivity index (χ2v) is 8.46. The number of aliphatic imine (C=N–C) groups is 1. The Balaban J connectivity index is 1.73. The molecular formula is C24H31N3O3. The van der Waals surface area contributed by atoms with Gasteiger partial charge in [0, 0.05) is 17.9 Å². The number of amides is 1. The molecule has 1 atom stereocenters. The van der Waals surface area contributed by atoms with Gasteiger partial charge in [-0.25, -0.2) is 4.99 Å². The van der Waals surface area contributed by atoms with Crippen LogP contribution < -0.4 is 15.4 Å². The zero-order valence-corrected chi connectivity index (χ0v) is 18.2. The summed E-state index contributed by atoms with van der Waals surface area (Å²) in [6.45, 7) is 7.72. The van der Waals surface area contributed by atoms with E-state index in [1.54, 1.807) is 7.11 Å². The summed E-state index contributed by atoms with van der Waals surface area (Å²) in [6.07, 6.45) is 2.13. The van der Waals surface area contributed by atoms with E-state index in [1.807, 2.05) is 48.5 Å². The lowest BCUT2D eigenvalue weighted by atomic mass is 9.87. The van der Waals surface area contributed by atoms with Crippen LogP contribution in [0.3, 0.4) is 0 Å². The van der Waals surface area contributed by atoms with E-state index in [1.165, 1.54) is 5.56 Å². The van der Waals surface area contributed by atoms with E-state index in [2.05, 4.69) is 36.4 Å². The second kappa shape index (κ2) is 9.76. The molecule has 1 heterocycles. The maximum absolute atomic E-state index is 12.8. The average Bonchev–Trinajstić information content (AvgIpc) is 3.25. The standard InChI is InChI=1S/C24H31N3O3/c1-24(2,3)18-9-7-17(8-10-18)22(28)27-23(25-16-21-6-5-15-30-21)26-19-11-13-20(29-4)14-12-19/h7-14,21H,5-6,15-16H2,1-4H3,(H2,25,26,27,28). The first kappa shape index (κ1) is 21.8. The van der Waals surface area contributed by atoms with E-state index < -0.39 is 0 Å². The lowest BCUT2D eigenvalue weighted by Crippen LogP contribution is -2.36. The summed E-state index contributed by atoms with van der Waals surface area (Å²) < 4.78 is 10.9. The molecule has 1 fully saturated rings. The molecule has 3 rings (SSSR count). The van der Waals surface area contributed by atoms with Gasteiger partial charge in [0.05, 0.1) is 19.8 Å². The highest BCUT2D eigenvalue weighted by Crippen LogP contribution is 2.22. The van der Waals surface area contributed by atoms with Crippen molar-refractivity contribution in [3.63, 3.8) is 0 Å². The van der Waals surface area contributed by atoms with Crippen molar-refractivity contribution in [1.29, 1.82) is 0 Å². The summed E-state index contributed by atoms with van der Waals surface area (Å²) in [6, 6.07) is 15.2. The lowest BCUT2D eigenvalue weighted by Gasteiger charge is -2.19. The number of methoxy groups -OCH3 is 1. The van der Waals surface area contributed by atoms with Gasteiger partial charge in [-0.3, -0.25) is 10.1 Å². The molecule has 0 radical (unpaired) electrons. The molecule has 6 nitrogen and oxygen atoms in total. The van der Waals surface area contributed by atoms with Gasteiger partial charge in [-0.05, 0) is 60.2 Å². The van der Waals surface area contributed by atoms with Crippen molar-refractivity contribution in [2.75, 3.05) is 25.6 Å². The van der Waals surface area contributed by atoms with Crippen molar-refractivity contribution >= 4 is 17.6 Å². The molecule has 30 heavy (non-hydrogen) atoms. The van der Waals surface area contributed by atoms with Crippen LogP contribution in [0.5, 0.6) is 5.75 Å². The second-order valence-electron chi connectivity index (χ2n) is 8.46. The summed E-state index contributed by atoms with van der Waals surface area (Å²) in [5.41, 5.74) is 2.62. The zero-order chi connectivity index (χ0) is 21.6. The van der Waals surface area contributed by atoms with Crippen LogP contribution in [0.1, 0.15) is 49.5 Å².